The van der Waals surface area contributed by atoms with E-state index in [2.05, 4.69) is 47.9 Å². The van der Waals surface area contributed by atoms with Gasteiger partial charge in [-0.1, -0.05) is 82.1 Å². The van der Waals surface area contributed by atoms with E-state index in [-0.39, 0.29) is 16.6 Å². The molecular formula is C30H20Br2ClN5O2S. The van der Waals surface area contributed by atoms with Crippen LogP contribution in [0.1, 0.15) is 21.7 Å². The number of para-hydroxylation sites is 1. The smallest absolute Gasteiger partial charge is 0.280 e. The van der Waals surface area contributed by atoms with E-state index in [1.807, 2.05) is 42.5 Å². The van der Waals surface area contributed by atoms with Crippen molar-refractivity contribution in [2.24, 2.45) is 0 Å². The van der Waals surface area contributed by atoms with Crippen molar-refractivity contribution < 1.29 is 4.79 Å². The number of benzene rings is 4. The molecule has 0 aliphatic rings. The molecule has 0 saturated heterocycles. The maximum Gasteiger partial charge on any atom is 0.280 e. The Balaban J connectivity index is 1.70. The van der Waals surface area contributed by atoms with Gasteiger partial charge in [0.2, 0.25) is 0 Å². The number of amides is 1. The Kier molecular flexibility index (Phi) is 8.94. The number of hydrogen-bond acceptors (Lipinski definition) is 4. The van der Waals surface area contributed by atoms with Crippen LogP contribution in [-0.4, -0.2) is 20.7 Å². The molecule has 1 aromatic heterocycles. The van der Waals surface area contributed by atoms with Crippen LogP contribution < -0.4 is 21.6 Å². The second-order valence-corrected chi connectivity index (χ2v) is 11.3. The van der Waals surface area contributed by atoms with E-state index in [9.17, 15) is 9.59 Å². The zero-order valence-electron chi connectivity index (χ0n) is 21.1. The van der Waals surface area contributed by atoms with Crippen molar-refractivity contribution in [2.45, 2.75) is 0 Å². The van der Waals surface area contributed by atoms with Crippen LogP contribution in [0.2, 0.25) is 5.02 Å². The van der Waals surface area contributed by atoms with Gasteiger partial charge in [-0.3, -0.25) is 15.0 Å². The van der Waals surface area contributed by atoms with E-state index in [1.165, 1.54) is 4.68 Å². The van der Waals surface area contributed by atoms with Gasteiger partial charge in [0.05, 0.1) is 16.6 Å². The number of fused-ring (bicyclic) bond motifs is 1. The fourth-order valence-corrected chi connectivity index (χ4v) is 5.68. The highest BCUT2D eigenvalue weighted by Crippen LogP contribution is 2.27. The molecule has 11 heteroatoms. The molecule has 0 aliphatic heterocycles. The third-order valence-electron chi connectivity index (χ3n) is 5.87. The molecule has 0 unspecified atom stereocenters. The monoisotopic (exact) mass is 707 g/mol. The lowest BCUT2D eigenvalue weighted by molar-refractivity contribution is 0.0973. The van der Waals surface area contributed by atoms with Crippen LogP contribution in [-0.2, 0) is 0 Å². The summed E-state index contributed by atoms with van der Waals surface area (Å²) in [6, 6.07) is 28.6. The van der Waals surface area contributed by atoms with E-state index in [0.29, 0.717) is 36.0 Å². The summed E-state index contributed by atoms with van der Waals surface area (Å²) in [5.74, 6) is -0.295. The van der Waals surface area contributed by atoms with Gasteiger partial charge in [-0.05, 0) is 82.3 Å². The van der Waals surface area contributed by atoms with Crippen molar-refractivity contribution in [3.05, 3.63) is 138 Å². The minimum atomic E-state index is -0.441. The molecule has 0 fully saturated rings. The Labute approximate surface area is 262 Å². The largest absolute Gasteiger partial charge is 0.331 e. The summed E-state index contributed by atoms with van der Waals surface area (Å²) in [7, 11) is 0. The summed E-state index contributed by atoms with van der Waals surface area (Å²) >= 11 is 19.0. The Morgan fingerprint density at radius 2 is 1.59 bits per heavy atom. The number of nitrogens with one attached hydrogen (secondary N) is 3. The van der Waals surface area contributed by atoms with Crippen LogP contribution in [0.3, 0.4) is 0 Å². The maximum absolute atomic E-state index is 14.0. The Bertz CT molecular complexity index is 1860. The summed E-state index contributed by atoms with van der Waals surface area (Å²) < 4.78 is 2.47. The molecule has 0 spiro atoms. The number of carbonyl (C=O) groups excluding carboxylic acids is 1. The average Bonchev–Trinajstić information content (AvgIpc) is 2.96. The highest BCUT2D eigenvalue weighted by atomic mass is 79.9. The van der Waals surface area contributed by atoms with Gasteiger partial charge in [0, 0.05) is 25.2 Å². The minimum absolute atomic E-state index is 0.104. The first-order valence-corrected chi connectivity index (χ1v) is 14.6. The summed E-state index contributed by atoms with van der Waals surface area (Å²) in [5.41, 5.74) is 4.89. The van der Waals surface area contributed by atoms with E-state index in [1.54, 1.807) is 60.7 Å². The molecule has 0 saturated carbocycles. The lowest BCUT2D eigenvalue weighted by atomic mass is 10.1. The summed E-state index contributed by atoms with van der Waals surface area (Å²) in [4.78, 5) is 32.2. The van der Waals surface area contributed by atoms with Crippen molar-refractivity contribution in [1.82, 2.24) is 15.0 Å². The summed E-state index contributed by atoms with van der Waals surface area (Å²) in [5, 5.41) is 6.90. The normalized spacial score (nSPS) is 11.2. The topological polar surface area (TPSA) is 88.0 Å². The number of halogens is 3. The SMILES string of the molecule is O=C(N/C(=C\c1ccccc1Cl)c1nc2c(Br)cc(Br)cc2c(=O)n1NC(=S)Nc1ccccc1)c1ccccc1. The predicted octanol–water partition coefficient (Wildman–Crippen LogP) is 7.44. The Morgan fingerprint density at radius 1 is 0.927 bits per heavy atom. The van der Waals surface area contributed by atoms with Gasteiger partial charge in [-0.15, -0.1) is 0 Å². The third kappa shape index (κ3) is 6.74. The molecule has 5 aromatic rings. The van der Waals surface area contributed by atoms with Crippen LogP contribution in [0.4, 0.5) is 5.69 Å². The van der Waals surface area contributed by atoms with E-state index < -0.39 is 11.5 Å². The second-order valence-electron chi connectivity index (χ2n) is 8.69. The standard InChI is InChI=1S/C30H20Br2ClN5O2S/c31-20-16-22-26(23(32)17-20)36-27(38(29(22)40)37-30(41)34-21-12-5-2-6-13-21)25(15-19-11-7-8-14-24(19)33)35-28(39)18-9-3-1-4-10-18/h1-17H,(H,35,39)(H2,34,37,41)/b25-15-. The van der Waals surface area contributed by atoms with Gasteiger partial charge in [0.15, 0.2) is 10.9 Å². The first kappa shape index (κ1) is 28.7. The van der Waals surface area contributed by atoms with E-state index in [0.717, 1.165) is 5.69 Å². The molecule has 0 aliphatic carbocycles. The molecule has 3 N–H and O–H groups in total. The zero-order valence-corrected chi connectivity index (χ0v) is 25.8. The molecule has 0 atom stereocenters. The highest BCUT2D eigenvalue weighted by molar-refractivity contribution is 9.11. The van der Waals surface area contributed by atoms with Crippen molar-refractivity contribution in [1.29, 1.82) is 0 Å². The van der Waals surface area contributed by atoms with Gasteiger partial charge in [-0.25, -0.2) is 4.98 Å². The average molecular weight is 710 g/mol. The quantitative estimate of drug-likeness (QED) is 0.159. The number of aromatic nitrogens is 2. The van der Waals surface area contributed by atoms with Gasteiger partial charge in [0.25, 0.3) is 11.5 Å². The first-order chi connectivity index (χ1) is 19.8. The molecule has 0 radical (unpaired) electrons. The molecule has 204 valence electrons. The maximum atomic E-state index is 14.0. The summed E-state index contributed by atoms with van der Waals surface area (Å²) in [6.45, 7) is 0. The Morgan fingerprint density at radius 3 is 2.29 bits per heavy atom. The van der Waals surface area contributed by atoms with Gasteiger partial charge >= 0.3 is 0 Å². The van der Waals surface area contributed by atoms with Crippen LogP contribution in [0.5, 0.6) is 0 Å². The molecule has 41 heavy (non-hydrogen) atoms. The lowest BCUT2D eigenvalue weighted by Crippen LogP contribution is -2.39. The van der Waals surface area contributed by atoms with Crippen LogP contribution in [0.15, 0.2) is 111 Å². The van der Waals surface area contributed by atoms with E-state index >= 15 is 0 Å². The lowest BCUT2D eigenvalue weighted by Gasteiger charge is -2.19. The van der Waals surface area contributed by atoms with Crippen molar-refractivity contribution >= 4 is 95.1 Å². The molecule has 4 aromatic carbocycles. The Hall–Kier alpha value is -3.83. The fraction of sp³-hybridized carbons (Fsp3) is 0. The molecule has 1 heterocycles. The van der Waals surface area contributed by atoms with Crippen molar-refractivity contribution in [3.63, 3.8) is 0 Å². The third-order valence-corrected chi connectivity index (χ3v) is 7.47. The van der Waals surface area contributed by atoms with Gasteiger partial charge < -0.3 is 10.6 Å². The van der Waals surface area contributed by atoms with Crippen molar-refractivity contribution in [2.75, 3.05) is 10.7 Å². The molecule has 5 rings (SSSR count). The number of hydrogen-bond donors (Lipinski definition) is 3. The zero-order chi connectivity index (χ0) is 28.9. The minimum Gasteiger partial charge on any atom is -0.331 e. The molecule has 7 nitrogen and oxygen atoms in total. The highest BCUT2D eigenvalue weighted by Gasteiger charge is 2.21. The van der Waals surface area contributed by atoms with Gasteiger partial charge in [0.1, 0.15) is 0 Å². The van der Waals surface area contributed by atoms with Crippen LogP contribution >= 0.6 is 55.7 Å². The number of carbonyl (C=O) groups is 1. The fourth-order valence-electron chi connectivity index (χ4n) is 3.97. The number of thiocarbonyl (C=S) groups is 1. The number of nitrogens with zero attached hydrogens (tertiary/aromatic N) is 2. The van der Waals surface area contributed by atoms with Crippen molar-refractivity contribution in [3.8, 4) is 0 Å². The first-order valence-electron chi connectivity index (χ1n) is 12.2. The number of rotatable bonds is 6. The predicted molar refractivity (Wildman–Crippen MR) is 177 cm³/mol. The molecular weight excluding hydrogens is 690 g/mol. The van der Waals surface area contributed by atoms with Gasteiger partial charge in [-0.2, -0.15) is 4.68 Å². The van der Waals surface area contributed by atoms with Crippen LogP contribution in [0.25, 0.3) is 22.7 Å². The second kappa shape index (κ2) is 12.8. The summed E-state index contributed by atoms with van der Waals surface area (Å²) in [6.07, 6.45) is 1.66. The number of anilines is 1. The van der Waals surface area contributed by atoms with Crippen LogP contribution in [0, 0.1) is 0 Å². The molecule has 0 bridgehead atoms. The van der Waals surface area contributed by atoms with E-state index in [4.69, 9.17) is 28.8 Å². The molecule has 1 amide bonds.